The van der Waals surface area contributed by atoms with Crippen molar-refractivity contribution in [2.24, 2.45) is 0 Å². The van der Waals surface area contributed by atoms with Gasteiger partial charge in [-0.1, -0.05) is 6.07 Å². The molecule has 1 aromatic carbocycles. The van der Waals surface area contributed by atoms with Gasteiger partial charge in [0.2, 0.25) is 0 Å². The molecule has 2 aliphatic rings. The zero-order chi connectivity index (χ0) is 22.1. The van der Waals surface area contributed by atoms with Crippen LogP contribution in [0.15, 0.2) is 42.6 Å². The highest BCUT2D eigenvalue weighted by Gasteiger charge is 2.25. The first-order valence-electron chi connectivity index (χ1n) is 11.1. The van der Waals surface area contributed by atoms with Crippen LogP contribution in [0.4, 0.5) is 11.5 Å². The van der Waals surface area contributed by atoms with Crippen LogP contribution in [0.2, 0.25) is 0 Å². The van der Waals surface area contributed by atoms with Crippen LogP contribution in [-0.4, -0.2) is 47.4 Å². The molecule has 5 rings (SSSR count). The van der Waals surface area contributed by atoms with Crippen molar-refractivity contribution in [3.05, 3.63) is 65.1 Å². The SMILES string of the molecule is Cc1cc(-c2cc(NC(=O)c3cc(C4CC4)cnn3)ccc2C)cc(N2CCOCC2)n1. The number of morpholine rings is 1. The highest BCUT2D eigenvalue weighted by Crippen LogP contribution is 2.39. The molecule has 1 aliphatic heterocycles. The summed E-state index contributed by atoms with van der Waals surface area (Å²) in [5.74, 6) is 1.25. The number of hydrogen-bond donors (Lipinski definition) is 1. The maximum absolute atomic E-state index is 12.8. The molecule has 32 heavy (non-hydrogen) atoms. The number of hydrogen-bond acceptors (Lipinski definition) is 6. The number of aromatic nitrogens is 3. The monoisotopic (exact) mass is 429 g/mol. The fourth-order valence-electron chi connectivity index (χ4n) is 4.10. The van der Waals surface area contributed by atoms with Crippen LogP contribution in [0.1, 0.15) is 46.1 Å². The minimum absolute atomic E-state index is 0.241. The molecule has 0 radical (unpaired) electrons. The molecular weight excluding hydrogens is 402 g/mol. The number of anilines is 2. The molecular formula is C25H27N5O2. The standard InChI is InChI=1S/C25H27N5O2/c1-16-3-6-21(28-25(31)23-12-20(15-26-29-23)18-4-5-18)14-22(16)19-11-17(2)27-24(13-19)30-7-9-32-10-8-30/h3,6,11-15,18H,4-5,7-10H2,1-2H3,(H,28,31). The smallest absolute Gasteiger partial charge is 0.276 e. The lowest BCUT2D eigenvalue weighted by atomic mass is 9.99. The third kappa shape index (κ3) is 4.48. The number of ether oxygens (including phenoxy) is 1. The molecule has 2 fully saturated rings. The van der Waals surface area contributed by atoms with E-state index in [4.69, 9.17) is 9.72 Å². The van der Waals surface area contributed by atoms with Gasteiger partial charge in [0.1, 0.15) is 5.82 Å². The highest BCUT2D eigenvalue weighted by molar-refractivity contribution is 6.03. The number of aryl methyl sites for hydroxylation is 2. The summed E-state index contributed by atoms with van der Waals surface area (Å²) in [6.07, 6.45) is 4.08. The Labute approximate surface area is 187 Å². The van der Waals surface area contributed by atoms with Crippen LogP contribution in [0, 0.1) is 13.8 Å². The number of nitrogens with zero attached hydrogens (tertiary/aromatic N) is 4. The Balaban J connectivity index is 1.41. The van der Waals surface area contributed by atoms with Crippen molar-refractivity contribution in [3.8, 4) is 11.1 Å². The number of nitrogens with one attached hydrogen (secondary N) is 1. The van der Waals surface area contributed by atoms with E-state index >= 15 is 0 Å². The number of amides is 1. The van der Waals surface area contributed by atoms with Gasteiger partial charge in [0.15, 0.2) is 5.69 Å². The Hall–Kier alpha value is -3.32. The lowest BCUT2D eigenvalue weighted by molar-refractivity contribution is 0.102. The molecule has 7 nitrogen and oxygen atoms in total. The largest absolute Gasteiger partial charge is 0.378 e. The van der Waals surface area contributed by atoms with Crippen molar-refractivity contribution in [1.29, 1.82) is 0 Å². The maximum Gasteiger partial charge on any atom is 0.276 e. The molecule has 1 amide bonds. The third-order valence-electron chi connectivity index (χ3n) is 6.04. The molecule has 1 N–H and O–H groups in total. The second kappa shape index (κ2) is 8.67. The molecule has 3 heterocycles. The number of carbonyl (C=O) groups excluding carboxylic acids is 1. The Morgan fingerprint density at radius 3 is 2.69 bits per heavy atom. The van der Waals surface area contributed by atoms with Gasteiger partial charge in [-0.25, -0.2) is 4.98 Å². The first-order chi connectivity index (χ1) is 15.6. The van der Waals surface area contributed by atoms with E-state index in [9.17, 15) is 4.79 Å². The predicted molar refractivity (Wildman–Crippen MR) is 124 cm³/mol. The van der Waals surface area contributed by atoms with Gasteiger partial charge in [-0.05, 0) is 85.2 Å². The molecule has 0 atom stereocenters. The number of carbonyl (C=O) groups is 1. The summed E-state index contributed by atoms with van der Waals surface area (Å²) in [6.45, 7) is 7.21. The fraction of sp³-hybridized carbons (Fsp3) is 0.360. The Kier molecular flexibility index (Phi) is 5.57. The number of pyridine rings is 1. The molecule has 1 saturated heterocycles. The fourth-order valence-corrected chi connectivity index (χ4v) is 4.10. The van der Waals surface area contributed by atoms with Crippen LogP contribution >= 0.6 is 0 Å². The van der Waals surface area contributed by atoms with Crippen LogP contribution in [0.5, 0.6) is 0 Å². The normalized spacial score (nSPS) is 16.1. The van der Waals surface area contributed by atoms with Crippen molar-refractivity contribution >= 4 is 17.4 Å². The maximum atomic E-state index is 12.8. The van der Waals surface area contributed by atoms with Gasteiger partial charge in [-0.3, -0.25) is 4.79 Å². The number of benzene rings is 1. The topological polar surface area (TPSA) is 80.2 Å². The number of rotatable bonds is 5. The van der Waals surface area contributed by atoms with E-state index in [-0.39, 0.29) is 5.91 Å². The quantitative estimate of drug-likeness (QED) is 0.657. The Bertz CT molecular complexity index is 1150. The van der Waals surface area contributed by atoms with E-state index in [0.717, 1.165) is 78.6 Å². The summed E-state index contributed by atoms with van der Waals surface area (Å²) in [7, 11) is 0. The first kappa shape index (κ1) is 20.6. The van der Waals surface area contributed by atoms with E-state index < -0.39 is 0 Å². The lowest BCUT2D eigenvalue weighted by Gasteiger charge is -2.28. The summed E-state index contributed by atoms with van der Waals surface area (Å²) < 4.78 is 5.48. The minimum Gasteiger partial charge on any atom is -0.378 e. The van der Waals surface area contributed by atoms with Gasteiger partial charge in [0, 0.05) is 24.5 Å². The molecule has 3 aromatic rings. The van der Waals surface area contributed by atoms with Crippen molar-refractivity contribution in [2.45, 2.75) is 32.6 Å². The molecule has 1 saturated carbocycles. The molecule has 164 valence electrons. The zero-order valence-corrected chi connectivity index (χ0v) is 18.5. The van der Waals surface area contributed by atoms with Crippen molar-refractivity contribution in [1.82, 2.24) is 15.2 Å². The molecule has 0 bridgehead atoms. The summed E-state index contributed by atoms with van der Waals surface area (Å²) in [5.41, 5.74) is 6.44. The van der Waals surface area contributed by atoms with Crippen molar-refractivity contribution < 1.29 is 9.53 Å². The Morgan fingerprint density at radius 1 is 1.09 bits per heavy atom. The van der Waals surface area contributed by atoms with Crippen LogP contribution < -0.4 is 10.2 Å². The van der Waals surface area contributed by atoms with Gasteiger partial charge in [0.25, 0.3) is 5.91 Å². The molecule has 1 aliphatic carbocycles. The Morgan fingerprint density at radius 2 is 1.91 bits per heavy atom. The minimum atomic E-state index is -0.241. The third-order valence-corrected chi connectivity index (χ3v) is 6.04. The molecule has 2 aromatic heterocycles. The van der Waals surface area contributed by atoms with Crippen molar-refractivity contribution in [2.75, 3.05) is 36.5 Å². The van der Waals surface area contributed by atoms with Gasteiger partial charge in [-0.2, -0.15) is 5.10 Å². The summed E-state index contributed by atoms with van der Waals surface area (Å²) in [4.78, 5) is 19.8. The zero-order valence-electron chi connectivity index (χ0n) is 18.5. The average Bonchev–Trinajstić information content (AvgIpc) is 3.66. The van der Waals surface area contributed by atoms with E-state index in [1.54, 1.807) is 6.20 Å². The average molecular weight is 430 g/mol. The van der Waals surface area contributed by atoms with E-state index in [0.29, 0.717) is 11.6 Å². The second-order valence-electron chi connectivity index (χ2n) is 8.59. The van der Waals surface area contributed by atoms with Crippen LogP contribution in [-0.2, 0) is 4.74 Å². The summed E-state index contributed by atoms with van der Waals surface area (Å²) >= 11 is 0. The molecule has 0 spiro atoms. The second-order valence-corrected chi connectivity index (χ2v) is 8.59. The highest BCUT2D eigenvalue weighted by atomic mass is 16.5. The molecule has 0 unspecified atom stereocenters. The van der Waals surface area contributed by atoms with E-state index in [1.165, 1.54) is 0 Å². The summed E-state index contributed by atoms with van der Waals surface area (Å²) in [5, 5.41) is 11.0. The molecule has 7 heteroatoms. The summed E-state index contributed by atoms with van der Waals surface area (Å²) in [6, 6.07) is 12.0. The van der Waals surface area contributed by atoms with Gasteiger partial charge in [-0.15, -0.1) is 5.10 Å². The van der Waals surface area contributed by atoms with Crippen LogP contribution in [0.25, 0.3) is 11.1 Å². The van der Waals surface area contributed by atoms with Gasteiger partial charge in [0.05, 0.1) is 19.4 Å². The predicted octanol–water partition coefficient (Wildman–Crippen LogP) is 4.12. The van der Waals surface area contributed by atoms with Crippen LogP contribution in [0.3, 0.4) is 0 Å². The first-order valence-corrected chi connectivity index (χ1v) is 11.1. The van der Waals surface area contributed by atoms with Gasteiger partial charge < -0.3 is 15.0 Å². The lowest BCUT2D eigenvalue weighted by Crippen LogP contribution is -2.36. The van der Waals surface area contributed by atoms with E-state index in [2.05, 4.69) is 39.5 Å². The van der Waals surface area contributed by atoms with Gasteiger partial charge >= 0.3 is 0 Å². The van der Waals surface area contributed by atoms with E-state index in [1.807, 2.05) is 31.2 Å². The van der Waals surface area contributed by atoms with Crippen molar-refractivity contribution in [3.63, 3.8) is 0 Å².